The number of carbonyl (C=O) groups excluding carboxylic acids is 1. The predicted octanol–water partition coefficient (Wildman–Crippen LogP) is 4.35. The maximum Gasteiger partial charge on any atom is 0.253 e. The van der Waals surface area contributed by atoms with Gasteiger partial charge in [0, 0.05) is 12.2 Å². The van der Waals surface area contributed by atoms with Crippen molar-refractivity contribution in [3.63, 3.8) is 0 Å². The molecule has 0 radical (unpaired) electrons. The minimum Gasteiger partial charge on any atom is -0.365 e. The Balaban J connectivity index is 1.55. The topological polar surface area (TPSA) is 41.6 Å². The number of nitrogens with zero attached hydrogens (tertiary/aromatic N) is 1. The van der Waals surface area contributed by atoms with Gasteiger partial charge >= 0.3 is 0 Å². The second-order valence-electron chi connectivity index (χ2n) is 7.47. The second kappa shape index (κ2) is 9.35. The van der Waals surface area contributed by atoms with E-state index in [-0.39, 0.29) is 18.1 Å². The maximum absolute atomic E-state index is 12.6. The van der Waals surface area contributed by atoms with E-state index in [4.69, 9.17) is 4.74 Å². The summed E-state index contributed by atoms with van der Waals surface area (Å²) in [6.07, 6.45) is 9.23. The number of carbonyl (C=O) groups is 1. The highest BCUT2D eigenvalue weighted by Gasteiger charge is 2.24. The molecular formula is C21H32N2O2. The molecule has 1 aliphatic heterocycles. The van der Waals surface area contributed by atoms with Crippen LogP contribution in [0, 0.1) is 0 Å². The Morgan fingerprint density at radius 1 is 1.20 bits per heavy atom. The van der Waals surface area contributed by atoms with Gasteiger partial charge < -0.3 is 10.1 Å². The third-order valence-corrected chi connectivity index (χ3v) is 5.37. The molecule has 1 aromatic carbocycles. The molecule has 2 fully saturated rings. The Hall–Kier alpha value is -1.39. The molecule has 25 heavy (non-hydrogen) atoms. The van der Waals surface area contributed by atoms with Crippen LogP contribution in [0.3, 0.4) is 0 Å². The SMILES string of the molecule is CCC(OC1CCCC1)C(=O)Nc1cccc(CN2CCCCC2)c1. The molecule has 1 saturated carbocycles. The number of anilines is 1. The van der Waals surface area contributed by atoms with Gasteiger partial charge in [-0.1, -0.05) is 38.3 Å². The van der Waals surface area contributed by atoms with E-state index in [0.29, 0.717) is 0 Å². The fourth-order valence-electron chi connectivity index (χ4n) is 3.95. The lowest BCUT2D eigenvalue weighted by Crippen LogP contribution is -2.33. The number of piperidine rings is 1. The zero-order valence-corrected chi connectivity index (χ0v) is 15.5. The molecule has 4 nitrogen and oxygen atoms in total. The molecule has 1 N–H and O–H groups in total. The van der Waals surface area contributed by atoms with Crippen molar-refractivity contribution in [3.8, 4) is 0 Å². The van der Waals surface area contributed by atoms with Crippen LogP contribution in [0.25, 0.3) is 0 Å². The van der Waals surface area contributed by atoms with Crippen LogP contribution in [0.15, 0.2) is 24.3 Å². The Bertz CT molecular complexity index is 549. The number of benzene rings is 1. The zero-order chi connectivity index (χ0) is 17.5. The summed E-state index contributed by atoms with van der Waals surface area (Å²) >= 11 is 0. The second-order valence-corrected chi connectivity index (χ2v) is 7.47. The molecule has 0 aromatic heterocycles. The average Bonchev–Trinajstić information content (AvgIpc) is 3.14. The molecule has 1 saturated heterocycles. The fraction of sp³-hybridized carbons (Fsp3) is 0.667. The number of likely N-dealkylation sites (tertiary alicyclic amines) is 1. The summed E-state index contributed by atoms with van der Waals surface area (Å²) in [5, 5.41) is 3.06. The minimum absolute atomic E-state index is 0.00970. The van der Waals surface area contributed by atoms with Gasteiger partial charge in [-0.05, 0) is 62.9 Å². The average molecular weight is 344 g/mol. The van der Waals surface area contributed by atoms with E-state index in [0.717, 1.165) is 31.5 Å². The summed E-state index contributed by atoms with van der Waals surface area (Å²) in [6.45, 7) is 5.36. The first kappa shape index (κ1) is 18.4. The minimum atomic E-state index is -0.339. The first-order valence-electron chi connectivity index (χ1n) is 10.0. The summed E-state index contributed by atoms with van der Waals surface area (Å²) in [5.74, 6) is -0.00970. The van der Waals surface area contributed by atoms with E-state index in [2.05, 4.69) is 22.3 Å². The van der Waals surface area contributed by atoms with Crippen LogP contribution in [-0.2, 0) is 16.1 Å². The van der Waals surface area contributed by atoms with Crippen molar-refractivity contribution in [2.45, 2.75) is 77.0 Å². The fourth-order valence-corrected chi connectivity index (χ4v) is 3.95. The summed E-state index contributed by atoms with van der Waals surface area (Å²) in [6, 6.07) is 8.26. The van der Waals surface area contributed by atoms with Crippen LogP contribution in [0.5, 0.6) is 0 Å². The lowest BCUT2D eigenvalue weighted by Gasteiger charge is -2.26. The summed E-state index contributed by atoms with van der Waals surface area (Å²) < 4.78 is 6.03. The largest absolute Gasteiger partial charge is 0.365 e. The van der Waals surface area contributed by atoms with Gasteiger partial charge in [0.1, 0.15) is 6.10 Å². The van der Waals surface area contributed by atoms with Crippen molar-refractivity contribution in [2.75, 3.05) is 18.4 Å². The van der Waals surface area contributed by atoms with Gasteiger partial charge in [-0.15, -0.1) is 0 Å². The Labute approximate surface area is 151 Å². The number of hydrogen-bond acceptors (Lipinski definition) is 3. The lowest BCUT2D eigenvalue weighted by molar-refractivity contribution is -0.131. The predicted molar refractivity (Wildman–Crippen MR) is 102 cm³/mol. The molecule has 1 unspecified atom stereocenters. The molecule has 138 valence electrons. The normalized spacial score (nSPS) is 20.5. The third kappa shape index (κ3) is 5.55. The molecule has 2 aliphatic rings. The van der Waals surface area contributed by atoms with Gasteiger partial charge in [-0.25, -0.2) is 0 Å². The summed E-state index contributed by atoms with van der Waals surface area (Å²) in [5.41, 5.74) is 2.15. The Kier molecular flexibility index (Phi) is 6.88. The molecule has 4 heteroatoms. The lowest BCUT2D eigenvalue weighted by atomic mass is 10.1. The maximum atomic E-state index is 12.6. The summed E-state index contributed by atoms with van der Waals surface area (Å²) in [4.78, 5) is 15.1. The van der Waals surface area contributed by atoms with Crippen molar-refractivity contribution >= 4 is 11.6 Å². The van der Waals surface area contributed by atoms with Crippen molar-refractivity contribution in [1.82, 2.24) is 4.90 Å². The van der Waals surface area contributed by atoms with Crippen LogP contribution in [0.1, 0.15) is 63.9 Å². The number of amides is 1. The first-order chi connectivity index (χ1) is 12.2. The van der Waals surface area contributed by atoms with Crippen LogP contribution < -0.4 is 5.32 Å². The number of nitrogens with one attached hydrogen (secondary N) is 1. The highest BCUT2D eigenvalue weighted by Crippen LogP contribution is 2.23. The molecule has 1 aromatic rings. The number of rotatable bonds is 7. The first-order valence-corrected chi connectivity index (χ1v) is 10.0. The summed E-state index contributed by atoms with van der Waals surface area (Å²) in [7, 11) is 0. The highest BCUT2D eigenvalue weighted by atomic mass is 16.5. The van der Waals surface area contributed by atoms with E-state index in [9.17, 15) is 4.79 Å². The number of hydrogen-bond donors (Lipinski definition) is 1. The standard InChI is InChI=1S/C21H32N2O2/c1-2-20(25-19-11-4-5-12-19)21(24)22-18-10-8-9-17(15-18)16-23-13-6-3-7-14-23/h8-10,15,19-20H,2-7,11-14,16H2,1H3,(H,22,24). The van der Waals surface area contributed by atoms with Gasteiger partial charge in [0.05, 0.1) is 6.10 Å². The molecule has 3 rings (SSSR count). The van der Waals surface area contributed by atoms with Gasteiger partial charge in [0.2, 0.25) is 0 Å². The smallest absolute Gasteiger partial charge is 0.253 e. The van der Waals surface area contributed by atoms with E-state index in [1.165, 1.54) is 50.8 Å². The Morgan fingerprint density at radius 3 is 2.68 bits per heavy atom. The number of ether oxygens (including phenoxy) is 1. The van der Waals surface area contributed by atoms with Crippen LogP contribution in [0.2, 0.25) is 0 Å². The van der Waals surface area contributed by atoms with Gasteiger partial charge in [-0.3, -0.25) is 9.69 Å². The molecule has 0 spiro atoms. The van der Waals surface area contributed by atoms with E-state index < -0.39 is 0 Å². The van der Waals surface area contributed by atoms with Crippen LogP contribution >= 0.6 is 0 Å². The van der Waals surface area contributed by atoms with Gasteiger partial charge in [-0.2, -0.15) is 0 Å². The van der Waals surface area contributed by atoms with Crippen LogP contribution in [-0.4, -0.2) is 36.1 Å². The molecule has 1 aliphatic carbocycles. The Morgan fingerprint density at radius 2 is 1.96 bits per heavy atom. The van der Waals surface area contributed by atoms with E-state index in [1.807, 2.05) is 19.1 Å². The molecule has 1 amide bonds. The quantitative estimate of drug-likeness (QED) is 0.799. The molecule has 1 heterocycles. The van der Waals surface area contributed by atoms with Crippen molar-refractivity contribution in [2.24, 2.45) is 0 Å². The third-order valence-electron chi connectivity index (χ3n) is 5.37. The molecule has 0 bridgehead atoms. The zero-order valence-electron chi connectivity index (χ0n) is 15.5. The van der Waals surface area contributed by atoms with Gasteiger partial charge in [0.15, 0.2) is 0 Å². The van der Waals surface area contributed by atoms with Crippen molar-refractivity contribution in [3.05, 3.63) is 29.8 Å². The van der Waals surface area contributed by atoms with Crippen molar-refractivity contribution in [1.29, 1.82) is 0 Å². The van der Waals surface area contributed by atoms with Gasteiger partial charge in [0.25, 0.3) is 5.91 Å². The van der Waals surface area contributed by atoms with Crippen LogP contribution in [0.4, 0.5) is 5.69 Å². The molecule has 1 atom stereocenters. The van der Waals surface area contributed by atoms with E-state index in [1.54, 1.807) is 0 Å². The van der Waals surface area contributed by atoms with Crippen molar-refractivity contribution < 1.29 is 9.53 Å². The molecular weight excluding hydrogens is 312 g/mol. The highest BCUT2D eigenvalue weighted by molar-refractivity contribution is 5.94. The monoisotopic (exact) mass is 344 g/mol. The van der Waals surface area contributed by atoms with E-state index >= 15 is 0 Å².